The van der Waals surface area contributed by atoms with E-state index in [-0.39, 0.29) is 24.0 Å². The minimum atomic E-state index is -4.46. The van der Waals surface area contributed by atoms with Crippen molar-refractivity contribution in [3.63, 3.8) is 0 Å². The molecule has 2 N–H and O–H groups in total. The highest BCUT2D eigenvalue weighted by Gasteiger charge is 2.48. The number of hydrogen-bond donors (Lipinski definition) is 2. The zero-order chi connectivity index (χ0) is 18.9. The summed E-state index contributed by atoms with van der Waals surface area (Å²) < 4.78 is 42.6. The van der Waals surface area contributed by atoms with Crippen LogP contribution >= 0.6 is 0 Å². The van der Waals surface area contributed by atoms with Crippen LogP contribution in [0.1, 0.15) is 57.6 Å². The molecule has 1 aromatic rings. The van der Waals surface area contributed by atoms with Crippen LogP contribution in [-0.4, -0.2) is 29.3 Å². The van der Waals surface area contributed by atoms with Crippen molar-refractivity contribution < 1.29 is 22.7 Å². The van der Waals surface area contributed by atoms with Crippen molar-refractivity contribution in [2.24, 2.45) is 5.41 Å². The molecule has 26 heavy (non-hydrogen) atoms. The molecule has 0 bridgehead atoms. The fraction of sp³-hybridized carbons (Fsp3) is 0.667. The van der Waals surface area contributed by atoms with Gasteiger partial charge in [-0.1, -0.05) is 6.42 Å². The van der Waals surface area contributed by atoms with Crippen LogP contribution in [0.15, 0.2) is 18.3 Å². The number of rotatable bonds is 5. The Labute approximate surface area is 150 Å². The summed E-state index contributed by atoms with van der Waals surface area (Å²) in [4.78, 5) is 15.9. The van der Waals surface area contributed by atoms with Crippen molar-refractivity contribution in [3.8, 4) is 5.88 Å². The average molecular weight is 371 g/mol. The molecule has 2 aliphatic carbocycles. The van der Waals surface area contributed by atoms with Gasteiger partial charge in [0.15, 0.2) is 6.10 Å². The summed E-state index contributed by atoms with van der Waals surface area (Å²) in [7, 11) is 0. The van der Waals surface area contributed by atoms with E-state index in [1.54, 1.807) is 13.0 Å². The number of ether oxygens (including phenoxy) is 1. The average Bonchev–Trinajstić information content (AvgIpc) is 2.47. The van der Waals surface area contributed by atoms with Gasteiger partial charge in [-0.3, -0.25) is 0 Å². The quantitative estimate of drug-likeness (QED) is 0.819. The molecule has 2 amide bonds. The Kier molecular flexibility index (Phi) is 5.03. The lowest BCUT2D eigenvalue weighted by molar-refractivity contribution is -0.190. The highest BCUT2D eigenvalue weighted by atomic mass is 19.4. The summed E-state index contributed by atoms with van der Waals surface area (Å²) in [5.74, 6) is -0.118. The minimum absolute atomic E-state index is 0.118. The van der Waals surface area contributed by atoms with Crippen molar-refractivity contribution in [2.75, 3.05) is 0 Å². The Morgan fingerprint density at radius 3 is 2.62 bits per heavy atom. The van der Waals surface area contributed by atoms with E-state index >= 15 is 0 Å². The second-order valence-corrected chi connectivity index (χ2v) is 7.53. The Balaban J connectivity index is 1.50. The van der Waals surface area contributed by atoms with Crippen LogP contribution in [-0.2, 0) is 0 Å². The fourth-order valence-corrected chi connectivity index (χ4v) is 3.69. The van der Waals surface area contributed by atoms with Gasteiger partial charge in [-0.25, -0.2) is 9.78 Å². The van der Waals surface area contributed by atoms with Gasteiger partial charge in [0.25, 0.3) is 0 Å². The third-order valence-electron chi connectivity index (χ3n) is 5.47. The number of aromatic nitrogens is 1. The number of hydrogen-bond acceptors (Lipinski definition) is 3. The van der Waals surface area contributed by atoms with Gasteiger partial charge in [-0.2, -0.15) is 13.2 Å². The van der Waals surface area contributed by atoms with E-state index in [1.807, 2.05) is 0 Å². The smallest absolute Gasteiger partial charge is 0.425 e. The predicted octanol–water partition coefficient (Wildman–Crippen LogP) is 4.10. The summed E-state index contributed by atoms with van der Waals surface area (Å²) in [6.07, 6.45) is 0.857. The van der Waals surface area contributed by atoms with Gasteiger partial charge < -0.3 is 15.4 Å². The van der Waals surface area contributed by atoms with Gasteiger partial charge in [0.05, 0.1) is 6.04 Å². The maximum absolute atomic E-state index is 12.6. The van der Waals surface area contributed by atoms with Gasteiger partial charge in [-0.05, 0) is 56.6 Å². The topological polar surface area (TPSA) is 63.2 Å². The molecule has 2 aliphatic rings. The number of amides is 2. The number of nitrogens with zero attached hydrogens (tertiary/aromatic N) is 1. The Bertz CT molecular complexity index is 653. The molecule has 8 heteroatoms. The SMILES string of the molecule is CC(NC(=O)NC1CC2(CCC2)C1)c1ccnc(OC(C)C(F)(F)F)c1. The van der Waals surface area contributed by atoms with Crippen LogP contribution in [0.3, 0.4) is 0 Å². The van der Waals surface area contributed by atoms with Gasteiger partial charge >= 0.3 is 12.2 Å². The summed E-state index contributed by atoms with van der Waals surface area (Å²) in [5.41, 5.74) is 1.11. The van der Waals surface area contributed by atoms with Gasteiger partial charge in [-0.15, -0.1) is 0 Å². The molecule has 0 radical (unpaired) electrons. The first-order valence-corrected chi connectivity index (χ1v) is 8.93. The minimum Gasteiger partial charge on any atom is -0.465 e. The lowest BCUT2D eigenvalue weighted by Crippen LogP contribution is -2.55. The lowest BCUT2D eigenvalue weighted by Gasteiger charge is -2.54. The number of pyridine rings is 1. The number of urea groups is 1. The number of halogens is 3. The Hall–Kier alpha value is -1.99. The first-order valence-electron chi connectivity index (χ1n) is 8.93. The first-order chi connectivity index (χ1) is 12.2. The molecular weight excluding hydrogens is 347 g/mol. The summed E-state index contributed by atoms with van der Waals surface area (Å²) >= 11 is 0. The van der Waals surface area contributed by atoms with Crippen LogP contribution in [0.25, 0.3) is 0 Å². The number of nitrogens with one attached hydrogen (secondary N) is 2. The normalized spacial score (nSPS) is 21.3. The fourth-order valence-electron chi connectivity index (χ4n) is 3.69. The molecule has 1 aromatic heterocycles. The van der Waals surface area contributed by atoms with Crippen molar-refractivity contribution in [3.05, 3.63) is 23.9 Å². The Morgan fingerprint density at radius 1 is 1.35 bits per heavy atom. The van der Waals surface area contributed by atoms with Crippen LogP contribution in [0.4, 0.5) is 18.0 Å². The molecule has 0 aromatic carbocycles. The maximum atomic E-state index is 12.6. The maximum Gasteiger partial charge on any atom is 0.425 e. The zero-order valence-electron chi connectivity index (χ0n) is 14.9. The number of carbonyl (C=O) groups is 1. The molecule has 3 rings (SSSR count). The summed E-state index contributed by atoms with van der Waals surface area (Å²) in [5, 5.41) is 5.78. The molecule has 1 heterocycles. The van der Waals surface area contributed by atoms with E-state index in [2.05, 4.69) is 15.6 Å². The zero-order valence-corrected chi connectivity index (χ0v) is 14.9. The molecule has 2 saturated carbocycles. The largest absolute Gasteiger partial charge is 0.465 e. The monoisotopic (exact) mass is 371 g/mol. The second kappa shape index (κ2) is 6.96. The Morgan fingerprint density at radius 2 is 2.04 bits per heavy atom. The van der Waals surface area contributed by atoms with Crippen molar-refractivity contribution in [1.82, 2.24) is 15.6 Å². The van der Waals surface area contributed by atoms with Gasteiger partial charge in [0.1, 0.15) is 0 Å². The predicted molar refractivity (Wildman–Crippen MR) is 89.8 cm³/mol. The van der Waals surface area contributed by atoms with E-state index < -0.39 is 12.3 Å². The molecule has 0 aliphatic heterocycles. The molecule has 2 unspecified atom stereocenters. The van der Waals surface area contributed by atoms with E-state index in [0.717, 1.165) is 19.8 Å². The van der Waals surface area contributed by atoms with E-state index in [0.29, 0.717) is 11.0 Å². The van der Waals surface area contributed by atoms with Crippen LogP contribution in [0.2, 0.25) is 0 Å². The van der Waals surface area contributed by atoms with Crippen molar-refractivity contribution >= 4 is 6.03 Å². The molecular formula is C18H24F3N3O2. The van der Waals surface area contributed by atoms with Crippen molar-refractivity contribution in [2.45, 2.75) is 70.3 Å². The summed E-state index contributed by atoms with van der Waals surface area (Å²) in [6.45, 7) is 2.69. The third-order valence-corrected chi connectivity index (χ3v) is 5.47. The molecule has 5 nitrogen and oxygen atoms in total. The van der Waals surface area contributed by atoms with Crippen LogP contribution < -0.4 is 15.4 Å². The van der Waals surface area contributed by atoms with Crippen molar-refractivity contribution in [1.29, 1.82) is 0 Å². The second-order valence-electron chi connectivity index (χ2n) is 7.53. The molecule has 1 spiro atoms. The molecule has 0 saturated heterocycles. The lowest BCUT2D eigenvalue weighted by atomic mass is 9.54. The van der Waals surface area contributed by atoms with E-state index in [9.17, 15) is 18.0 Å². The molecule has 2 fully saturated rings. The standard InChI is InChI=1S/C18H24F3N3O2/c1-11(23-16(25)24-14-9-17(10-14)5-3-6-17)13-4-7-22-15(8-13)26-12(2)18(19,20)21/h4,7-8,11-12,14H,3,5-6,9-10H2,1-2H3,(H2,23,24,25). The highest BCUT2D eigenvalue weighted by molar-refractivity contribution is 5.75. The van der Waals surface area contributed by atoms with Crippen LogP contribution in [0, 0.1) is 5.41 Å². The molecule has 2 atom stereocenters. The first kappa shape index (κ1) is 18.8. The number of carbonyl (C=O) groups excluding carboxylic acids is 1. The third kappa shape index (κ3) is 4.22. The van der Waals surface area contributed by atoms with Gasteiger partial charge in [0.2, 0.25) is 5.88 Å². The van der Waals surface area contributed by atoms with Crippen LogP contribution in [0.5, 0.6) is 5.88 Å². The van der Waals surface area contributed by atoms with E-state index in [1.165, 1.54) is 31.5 Å². The van der Waals surface area contributed by atoms with E-state index in [4.69, 9.17) is 4.74 Å². The summed E-state index contributed by atoms with van der Waals surface area (Å²) in [6, 6.07) is 2.63. The van der Waals surface area contributed by atoms with Gasteiger partial charge in [0, 0.05) is 18.3 Å². The number of alkyl halides is 3. The molecule has 144 valence electrons. The highest BCUT2D eigenvalue weighted by Crippen LogP contribution is 2.55.